The van der Waals surface area contributed by atoms with Crippen LogP contribution in [0.2, 0.25) is 0 Å². The Labute approximate surface area is 180 Å². The molecule has 0 radical (unpaired) electrons. The lowest BCUT2D eigenvalue weighted by molar-refractivity contribution is 0.265. The summed E-state index contributed by atoms with van der Waals surface area (Å²) in [4.78, 5) is 9.53. The van der Waals surface area contributed by atoms with Crippen LogP contribution in [-0.2, 0) is 12.0 Å². The molecule has 7 nitrogen and oxygen atoms in total. The second-order valence-electron chi connectivity index (χ2n) is 9.42. The second kappa shape index (κ2) is 9.60. The molecule has 8 heteroatoms. The molecule has 29 heavy (non-hydrogen) atoms. The Morgan fingerprint density at radius 1 is 0.966 bits per heavy atom. The predicted molar refractivity (Wildman–Crippen MR) is 120 cm³/mol. The summed E-state index contributed by atoms with van der Waals surface area (Å²) in [5.74, 6) is 4.11. The largest absolute Gasteiger partial charge is 0.394 e. The molecule has 3 unspecified atom stereocenters. The van der Waals surface area contributed by atoms with E-state index in [9.17, 15) is 5.11 Å². The molecule has 0 aliphatic rings. The number of hydrogen-bond donors (Lipinski definition) is 2. The van der Waals surface area contributed by atoms with Crippen LogP contribution >= 0.6 is 12.6 Å². The van der Waals surface area contributed by atoms with Gasteiger partial charge in [0.15, 0.2) is 11.6 Å². The van der Waals surface area contributed by atoms with Crippen molar-refractivity contribution in [1.82, 2.24) is 29.5 Å². The van der Waals surface area contributed by atoms with E-state index in [-0.39, 0.29) is 29.2 Å². The molecular formula is C21H38N6OS. The van der Waals surface area contributed by atoms with Gasteiger partial charge in [0.2, 0.25) is 0 Å². The average molecular weight is 423 g/mol. The van der Waals surface area contributed by atoms with Gasteiger partial charge in [-0.3, -0.25) is 0 Å². The quantitative estimate of drug-likeness (QED) is 0.585. The predicted octanol–water partition coefficient (Wildman–Crippen LogP) is 4.42. The number of thiol groups is 1. The van der Waals surface area contributed by atoms with Crippen molar-refractivity contribution in [1.29, 1.82) is 0 Å². The van der Waals surface area contributed by atoms with Crippen molar-refractivity contribution < 1.29 is 5.11 Å². The van der Waals surface area contributed by atoms with Gasteiger partial charge in [-0.05, 0) is 26.7 Å². The molecule has 164 valence electrons. The van der Waals surface area contributed by atoms with E-state index in [2.05, 4.69) is 70.9 Å². The van der Waals surface area contributed by atoms with Crippen molar-refractivity contribution in [2.45, 2.75) is 103 Å². The summed E-state index contributed by atoms with van der Waals surface area (Å²) in [7, 11) is 0. The second-order valence-corrected chi connectivity index (χ2v) is 10.2. The minimum Gasteiger partial charge on any atom is -0.394 e. The Bertz CT molecular complexity index is 790. The molecule has 2 aromatic heterocycles. The van der Waals surface area contributed by atoms with E-state index in [1.165, 1.54) is 0 Å². The van der Waals surface area contributed by atoms with Gasteiger partial charge in [0, 0.05) is 17.3 Å². The van der Waals surface area contributed by atoms with Crippen molar-refractivity contribution >= 4 is 12.6 Å². The first kappa shape index (κ1) is 23.9. The Balaban J connectivity index is 2.18. The molecule has 2 rings (SSSR count). The van der Waals surface area contributed by atoms with Crippen LogP contribution in [0.1, 0.15) is 115 Å². The van der Waals surface area contributed by atoms with Gasteiger partial charge in [0.05, 0.1) is 24.4 Å². The van der Waals surface area contributed by atoms with Gasteiger partial charge in [0.25, 0.3) is 0 Å². The molecule has 2 heterocycles. The van der Waals surface area contributed by atoms with Gasteiger partial charge in [-0.1, -0.05) is 41.5 Å². The van der Waals surface area contributed by atoms with Crippen LogP contribution in [0.5, 0.6) is 0 Å². The summed E-state index contributed by atoms with van der Waals surface area (Å²) < 4.78 is 3.94. The van der Waals surface area contributed by atoms with Crippen molar-refractivity contribution in [3.8, 4) is 0 Å². The summed E-state index contributed by atoms with van der Waals surface area (Å²) >= 11 is 4.45. The van der Waals surface area contributed by atoms with E-state index >= 15 is 0 Å². The van der Waals surface area contributed by atoms with Gasteiger partial charge in [0.1, 0.15) is 11.6 Å². The zero-order chi connectivity index (χ0) is 21.9. The molecule has 0 spiro atoms. The summed E-state index contributed by atoms with van der Waals surface area (Å²) in [6.07, 6.45) is 1.91. The fourth-order valence-corrected chi connectivity index (χ4v) is 3.43. The summed E-state index contributed by atoms with van der Waals surface area (Å²) in [6, 6.07) is 0.240. The first-order valence-corrected chi connectivity index (χ1v) is 11.2. The first-order valence-electron chi connectivity index (χ1n) is 10.7. The van der Waals surface area contributed by atoms with Gasteiger partial charge in [-0.2, -0.15) is 22.8 Å². The van der Waals surface area contributed by atoms with Crippen LogP contribution in [0.25, 0.3) is 0 Å². The van der Waals surface area contributed by atoms with E-state index in [4.69, 9.17) is 15.1 Å². The zero-order valence-corrected chi connectivity index (χ0v) is 20.1. The maximum atomic E-state index is 9.37. The third kappa shape index (κ3) is 5.81. The number of aliphatic hydroxyl groups excluding tert-OH is 1. The molecule has 2 aromatic rings. The molecule has 0 amide bonds. The lowest BCUT2D eigenvalue weighted by Gasteiger charge is -2.23. The molecule has 0 saturated carbocycles. The van der Waals surface area contributed by atoms with Crippen molar-refractivity contribution in [2.75, 3.05) is 6.61 Å². The number of aromatic nitrogens is 6. The minimum atomic E-state index is -0.0566. The van der Waals surface area contributed by atoms with Gasteiger partial charge in [-0.25, -0.2) is 19.3 Å². The lowest BCUT2D eigenvalue weighted by Crippen LogP contribution is -2.22. The normalized spacial score (nSPS) is 15.7. The topological polar surface area (TPSA) is 81.7 Å². The fraction of sp³-hybridized carbons (Fsp3) is 0.810. The Morgan fingerprint density at radius 3 is 2.14 bits per heavy atom. The maximum absolute atomic E-state index is 9.37. The third-order valence-electron chi connectivity index (χ3n) is 5.11. The molecule has 0 fully saturated rings. The van der Waals surface area contributed by atoms with Crippen LogP contribution in [0.15, 0.2) is 0 Å². The average Bonchev–Trinajstić information content (AvgIpc) is 3.24. The van der Waals surface area contributed by atoms with Crippen LogP contribution in [0, 0.1) is 0 Å². The smallest absolute Gasteiger partial charge is 0.163 e. The summed E-state index contributed by atoms with van der Waals surface area (Å²) in [5.41, 5.74) is -0.0566. The fourth-order valence-electron chi connectivity index (χ4n) is 3.32. The molecule has 0 bridgehead atoms. The molecule has 0 aromatic carbocycles. The van der Waals surface area contributed by atoms with E-state index in [0.717, 1.165) is 30.3 Å². The zero-order valence-electron chi connectivity index (χ0n) is 19.2. The van der Waals surface area contributed by atoms with Crippen molar-refractivity contribution in [3.05, 3.63) is 23.3 Å². The molecule has 3 atom stereocenters. The highest BCUT2D eigenvalue weighted by molar-refractivity contribution is 7.80. The highest BCUT2D eigenvalue weighted by atomic mass is 32.1. The number of hydrogen-bond acceptors (Lipinski definition) is 6. The molecule has 0 aliphatic heterocycles. The molecular weight excluding hydrogens is 384 g/mol. The monoisotopic (exact) mass is 422 g/mol. The van der Waals surface area contributed by atoms with Gasteiger partial charge in [-0.15, -0.1) is 0 Å². The number of aliphatic hydroxyl groups is 1. The van der Waals surface area contributed by atoms with Gasteiger partial charge < -0.3 is 5.11 Å². The first-order chi connectivity index (χ1) is 13.5. The van der Waals surface area contributed by atoms with Crippen LogP contribution in [0.4, 0.5) is 0 Å². The van der Waals surface area contributed by atoms with Crippen molar-refractivity contribution in [3.63, 3.8) is 0 Å². The lowest BCUT2D eigenvalue weighted by atomic mass is 9.94. The summed E-state index contributed by atoms with van der Waals surface area (Å²) in [6.45, 7) is 17.7. The van der Waals surface area contributed by atoms with E-state index in [0.29, 0.717) is 18.3 Å². The highest BCUT2D eigenvalue weighted by Gasteiger charge is 2.27. The van der Waals surface area contributed by atoms with E-state index < -0.39 is 0 Å². The molecule has 0 saturated heterocycles. The molecule has 0 aliphatic carbocycles. The van der Waals surface area contributed by atoms with Crippen LogP contribution in [-0.4, -0.2) is 41.2 Å². The molecule has 1 N–H and O–H groups in total. The maximum Gasteiger partial charge on any atom is 0.163 e. The van der Waals surface area contributed by atoms with E-state index in [1.54, 1.807) is 0 Å². The van der Waals surface area contributed by atoms with Crippen LogP contribution < -0.4 is 0 Å². The Kier molecular flexibility index (Phi) is 7.90. The third-order valence-corrected chi connectivity index (χ3v) is 5.34. The summed E-state index contributed by atoms with van der Waals surface area (Å²) in [5, 5.41) is 18.7. The van der Waals surface area contributed by atoms with Crippen LogP contribution in [0.3, 0.4) is 0 Å². The SMILES string of the molecule is CC(C)c1nc(C(C)(C)C)n(C(C)CCC(C)c2nc(C(C)S)nn2CCO)n1. The number of rotatable bonds is 9. The Morgan fingerprint density at radius 2 is 1.62 bits per heavy atom. The number of nitrogens with zero attached hydrogens (tertiary/aromatic N) is 6. The van der Waals surface area contributed by atoms with Crippen molar-refractivity contribution in [2.24, 2.45) is 0 Å². The minimum absolute atomic E-state index is 0.0289. The van der Waals surface area contributed by atoms with Gasteiger partial charge >= 0.3 is 0 Å². The van der Waals surface area contributed by atoms with E-state index in [1.807, 2.05) is 11.6 Å². The Hall–Kier alpha value is -1.41. The highest BCUT2D eigenvalue weighted by Crippen LogP contribution is 2.29. The standard InChI is InChI=1S/C21H38N6OS/c1-13(2)17-23-20(21(6,7)8)27(25-17)15(4)10-9-14(3)19-22-18(16(5)29)24-26(19)11-12-28/h13-16,28-29H,9-12H2,1-8H3.